The fourth-order valence-corrected chi connectivity index (χ4v) is 14.9. The van der Waals surface area contributed by atoms with Gasteiger partial charge in [0.2, 0.25) is 17.7 Å². The molecule has 0 bridgehead atoms. The zero-order valence-electron chi connectivity index (χ0n) is 74.3. The molecule has 0 spiro atoms. The van der Waals surface area contributed by atoms with Gasteiger partial charge in [0.15, 0.2) is 9.84 Å². The minimum absolute atomic E-state index is 0. The van der Waals surface area contributed by atoms with Crippen LogP contribution in [-0.2, 0) is 71.9 Å². The molecule has 4 aliphatic rings. The second kappa shape index (κ2) is 66.2. The lowest BCUT2D eigenvalue weighted by Crippen LogP contribution is -2.49. The van der Waals surface area contributed by atoms with E-state index in [-0.39, 0.29) is 65.3 Å². The van der Waals surface area contributed by atoms with Gasteiger partial charge in [-0.1, -0.05) is 103 Å². The molecule has 0 radical (unpaired) electrons. The number of nitrogens with two attached hydrogens (primary N) is 10. The van der Waals surface area contributed by atoms with Crippen LogP contribution >= 0.6 is 0 Å². The Morgan fingerprint density at radius 1 is 0.531 bits per heavy atom. The lowest BCUT2D eigenvalue weighted by Gasteiger charge is -2.33. The molecule has 0 aromatic rings. The number of rotatable bonds is 37. The van der Waals surface area contributed by atoms with Crippen molar-refractivity contribution in [1.29, 1.82) is 0 Å². The number of carbonyl (C=O) groups is 6. The summed E-state index contributed by atoms with van der Waals surface area (Å²) in [7, 11) is -2.73. The summed E-state index contributed by atoms with van der Waals surface area (Å²) in [6, 6.07) is 0.443. The number of unbranched alkanes of at least 4 members (excludes halogenated alkanes) is 3. The first-order valence-electron chi connectivity index (χ1n) is 40.6. The molecule has 4 saturated heterocycles. The van der Waals surface area contributed by atoms with Crippen LogP contribution in [0.5, 0.6) is 0 Å². The molecule has 24 N–H and O–H groups in total. The van der Waals surface area contributed by atoms with Crippen molar-refractivity contribution in [3.63, 3.8) is 0 Å². The van der Waals surface area contributed by atoms with E-state index in [0.717, 1.165) is 120 Å². The van der Waals surface area contributed by atoms with Crippen molar-refractivity contribution in [3.05, 3.63) is 12.3 Å². The van der Waals surface area contributed by atoms with Gasteiger partial charge in [0.1, 0.15) is 17.3 Å². The van der Waals surface area contributed by atoms with Crippen molar-refractivity contribution in [1.82, 2.24) is 20.9 Å². The van der Waals surface area contributed by atoms with Gasteiger partial charge in [0, 0.05) is 159 Å². The van der Waals surface area contributed by atoms with Gasteiger partial charge in [-0.05, 0) is 198 Å². The summed E-state index contributed by atoms with van der Waals surface area (Å²) in [6.07, 6.45) is 16.4. The quantitative estimate of drug-likeness (QED) is 0.0183. The average molecular weight is 1680 g/mol. The van der Waals surface area contributed by atoms with Crippen LogP contribution in [0.1, 0.15) is 240 Å². The highest BCUT2D eigenvalue weighted by Crippen LogP contribution is 2.28. The number of morpholine rings is 1. The second-order valence-corrected chi connectivity index (χ2v) is 42.2. The number of aliphatic hydroxyl groups excluding tert-OH is 1. The Morgan fingerprint density at radius 2 is 0.920 bits per heavy atom. The molecule has 28 nitrogen and oxygen atoms in total. The highest BCUT2D eigenvalue weighted by molar-refractivity contribution is 8.00. The first-order chi connectivity index (χ1) is 51.7. The first kappa shape index (κ1) is 123. The Hall–Kier alpha value is -3.61. The van der Waals surface area contributed by atoms with Gasteiger partial charge in [-0.15, -0.1) is 0 Å². The summed E-state index contributed by atoms with van der Waals surface area (Å²) in [5.74, 6) is 12.4. The predicted molar refractivity (Wildman–Crippen MR) is 481 cm³/mol. The Labute approximate surface area is 690 Å². The van der Waals surface area contributed by atoms with E-state index in [1.165, 1.54) is 19.1 Å². The number of allylic oxidation sites excluding steroid dienone is 1. The van der Waals surface area contributed by atoms with Crippen LogP contribution < -0.4 is 73.3 Å². The second-order valence-electron chi connectivity index (χ2n) is 34.4. The number of likely N-dealkylation sites (N-methyl/N-ethyl adjacent to an activating group) is 1. The highest BCUT2D eigenvalue weighted by atomic mass is 32.2. The molecule has 4 fully saturated rings. The van der Waals surface area contributed by atoms with Crippen molar-refractivity contribution in [2.75, 3.05) is 168 Å². The summed E-state index contributed by atoms with van der Waals surface area (Å²) in [6.45, 7) is 46.3. The summed E-state index contributed by atoms with van der Waals surface area (Å²) in [5, 5.41) is 17.3. The van der Waals surface area contributed by atoms with Crippen LogP contribution in [0.2, 0.25) is 0 Å². The number of nitrogens with zero attached hydrogens (tertiary/aromatic N) is 1. The standard InChI is InChI=1S/C10H22N2O.C10H19NO2.C9H20N2O.C9H19NO2.C9H19NO.C8H18N2O.C7H15NO3S.C7H15NOS.C6H14N2O.C6H13NOS.CH4/c1-4-5-6-7-12-9(13)10(2,3)8-11;1-8(12)4-5-9(13)6-10(2,3)7-11;1-4-5-6-11-8(12)9(2,3)7-10;1-9(2,7-10)6-8(11)4-5-12-3;1-4-5-8(11)6-9(2,3)7-10;1-4-5-10-7(11)8(2,3)6-9;1-12(9,10)7(6-8)2-4-11-5-3-7;1-10(9)4-2-7(6-8)3-5-10;1-8-2-3-9-5-6(8)4-7;1-9(8)3-2-6(4-7)5-9;/h4-8,11H2,1-3H3,(H,12,13);12H,1,4-7,11H2,2-3H3;4-7,10H2,1-3H3,(H,11,12);4-7,10H2,1-3H3;4-7,10H2,1-3H3;4-6,9H2,1-3H3,(H,10,11);2-6,8H2,1H3;7H,1-6,8H2;6H,2-5,7H2,1H3;6H,1-5,7H2;1H4. The van der Waals surface area contributed by atoms with Gasteiger partial charge >= 0.3 is 0 Å². The Kier molecular flexibility index (Phi) is 71.8. The minimum atomic E-state index is -3.04. The number of ketones is 3. The highest BCUT2D eigenvalue weighted by Gasteiger charge is 2.41. The monoisotopic (exact) mass is 1680 g/mol. The van der Waals surface area contributed by atoms with E-state index >= 15 is 0 Å². The molecule has 3 amide bonds. The number of hydrogen-bond donors (Lipinski definition) is 14. The van der Waals surface area contributed by atoms with E-state index in [9.17, 15) is 45.6 Å². The number of aliphatic hydroxyl groups is 1. The maximum absolute atomic E-state index is 11.5. The Balaban J connectivity index is -0.000000221. The van der Waals surface area contributed by atoms with E-state index in [0.29, 0.717) is 154 Å². The Morgan fingerprint density at radius 3 is 1.21 bits per heavy atom. The number of amides is 3. The van der Waals surface area contributed by atoms with E-state index in [1.54, 1.807) is 7.11 Å². The SMILES string of the molecule is C.C=C(O)CCC(=O)CC(C)(C)CN.C=S1(=O)CCC(CN)C1.C=S1(=O)CCC(CN)CC1.CCCC(=O)CC(C)(C)CN.CCCCCNC(=O)C(C)(C)CN.CCCCNC(=O)C(C)(C)CN.CCCNC(=O)C(C)(C)CN.CN1CCOCC1CN.COCCC(=O)CC(C)(C)CN.CS(=O)(=O)C1(CN)CCOCC1. The largest absolute Gasteiger partial charge is 0.513 e. The van der Waals surface area contributed by atoms with Crippen molar-refractivity contribution in [2.24, 2.45) is 102 Å². The minimum Gasteiger partial charge on any atom is -0.513 e. The normalized spacial score (nSPS) is 19.4. The molecule has 4 heterocycles. The van der Waals surface area contributed by atoms with Gasteiger partial charge in [-0.25, -0.2) is 8.42 Å². The van der Waals surface area contributed by atoms with Crippen molar-refractivity contribution in [3.8, 4) is 0 Å². The van der Waals surface area contributed by atoms with Crippen LogP contribution in [0.25, 0.3) is 0 Å². The number of Topliss-reactive ketones (excluding diaryl/α,β-unsaturated/α-hetero) is 3. The maximum atomic E-state index is 11.5. The molecule has 0 aromatic heterocycles. The van der Waals surface area contributed by atoms with Crippen molar-refractivity contribution in [2.45, 2.75) is 251 Å². The van der Waals surface area contributed by atoms with E-state index in [1.807, 2.05) is 96.9 Å². The molecule has 0 saturated carbocycles. The molecule has 0 aliphatic carbocycles. The van der Waals surface area contributed by atoms with Gasteiger partial charge in [-0.3, -0.25) is 42.1 Å². The van der Waals surface area contributed by atoms with Gasteiger partial charge in [0.05, 0.1) is 46.6 Å². The molecule has 113 heavy (non-hydrogen) atoms. The molecule has 4 rings (SSSR count). The lowest BCUT2D eigenvalue weighted by atomic mass is 9.86. The molecule has 3 unspecified atom stereocenters. The van der Waals surface area contributed by atoms with Crippen LogP contribution in [0, 0.1) is 44.3 Å². The summed E-state index contributed by atoms with van der Waals surface area (Å²) >= 11 is 0. The first-order valence-corrected chi connectivity index (χ1v) is 46.7. The van der Waals surface area contributed by atoms with E-state index in [2.05, 4.69) is 60.1 Å². The Bertz CT molecular complexity index is 2840. The maximum Gasteiger partial charge on any atom is 0.226 e. The number of carbonyl (C=O) groups excluding carboxylic acids is 6. The number of nitrogens with one attached hydrogen (secondary N) is 3. The smallest absolute Gasteiger partial charge is 0.226 e. The lowest BCUT2D eigenvalue weighted by molar-refractivity contribution is -0.129. The number of methoxy groups -OCH3 is 1. The van der Waals surface area contributed by atoms with Crippen LogP contribution in [-0.4, -0.2) is 253 Å². The average Bonchev–Trinajstić information content (AvgIpc) is 1.67. The molecular weight excluding hydrogens is 1500 g/mol. The molecule has 4 aliphatic heterocycles. The predicted octanol–water partition coefficient (Wildman–Crippen LogP) is 6.35. The summed E-state index contributed by atoms with van der Waals surface area (Å²) < 4.78 is 59.7. The van der Waals surface area contributed by atoms with Crippen LogP contribution in [0.15, 0.2) is 12.3 Å². The number of sulfone groups is 1. The summed E-state index contributed by atoms with van der Waals surface area (Å²) in [5.41, 5.74) is 53.2. The van der Waals surface area contributed by atoms with E-state index < -0.39 is 49.9 Å². The van der Waals surface area contributed by atoms with Crippen LogP contribution in [0.4, 0.5) is 0 Å². The summed E-state index contributed by atoms with van der Waals surface area (Å²) in [4.78, 5) is 70.1. The third-order valence-corrected chi connectivity index (χ3v) is 25.7. The molecule has 0 aromatic carbocycles. The molecule has 678 valence electrons. The van der Waals surface area contributed by atoms with E-state index in [4.69, 9.17) is 76.7 Å². The van der Waals surface area contributed by atoms with Crippen molar-refractivity contribution >= 4 is 75.7 Å². The zero-order valence-corrected chi connectivity index (χ0v) is 76.7. The number of hydrogen-bond acceptors (Lipinski definition) is 25. The van der Waals surface area contributed by atoms with Gasteiger partial charge in [0.25, 0.3) is 0 Å². The molecule has 3 atom stereocenters. The third-order valence-electron chi connectivity index (χ3n) is 19.5. The zero-order chi connectivity index (χ0) is 88.3. The van der Waals surface area contributed by atoms with Gasteiger partial charge in [-0.2, -0.15) is 0 Å². The molecule has 31 heteroatoms. The molecular formula is C82H178N14O14S3. The van der Waals surface area contributed by atoms with Crippen molar-refractivity contribution < 1.29 is 64.9 Å². The fraction of sp³-hybridized carbons (Fsp3) is 0.878. The van der Waals surface area contributed by atoms with Gasteiger partial charge < -0.3 is 92.6 Å². The fourth-order valence-electron chi connectivity index (χ4n) is 9.92. The number of ether oxygens (including phenoxy) is 3. The van der Waals surface area contributed by atoms with Crippen LogP contribution in [0.3, 0.4) is 0 Å². The third kappa shape index (κ3) is 66.0. The topological polar surface area (TPSA) is 518 Å².